The molecule has 71 heavy (non-hydrogen) atoms. The first-order valence-electron chi connectivity index (χ1n) is 24.7. The summed E-state index contributed by atoms with van der Waals surface area (Å²) in [6.07, 6.45) is 19.6. The lowest BCUT2D eigenvalue weighted by Gasteiger charge is -2.29. The van der Waals surface area contributed by atoms with Crippen LogP contribution in [0.3, 0.4) is 0 Å². The number of aliphatic hydroxyl groups excluding tert-OH is 1. The molecule has 3 aliphatic carbocycles. The maximum Gasteiger partial charge on any atom is 0.311 e. The van der Waals surface area contributed by atoms with Crippen molar-refractivity contribution in [1.29, 1.82) is 0 Å². The largest absolute Gasteiger partial charge is 0.469 e. The van der Waals surface area contributed by atoms with Gasteiger partial charge < -0.3 is 28.8 Å². The van der Waals surface area contributed by atoms with Gasteiger partial charge in [0.2, 0.25) is 0 Å². The topological polar surface area (TPSA) is 152 Å². The van der Waals surface area contributed by atoms with Crippen LogP contribution in [0.15, 0.2) is 0 Å². The quantitative estimate of drug-likeness (QED) is 0.123. The van der Waals surface area contributed by atoms with Gasteiger partial charge >= 0.3 is 29.8 Å². The Labute approximate surface area is 444 Å². The fraction of sp³-hybridized carbons (Fsp3) is 0.917. The van der Waals surface area contributed by atoms with Gasteiger partial charge in [0.25, 0.3) is 0 Å². The van der Waals surface area contributed by atoms with Crippen LogP contribution < -0.4 is 0 Å². The molecule has 0 amide bonds. The minimum atomic E-state index is -0.421. The summed E-state index contributed by atoms with van der Waals surface area (Å²) >= 11 is 0. The summed E-state index contributed by atoms with van der Waals surface area (Å²) in [6.45, 7) is 31.7. The van der Waals surface area contributed by atoms with Gasteiger partial charge in [0.15, 0.2) is 0 Å². The molecule has 0 heterocycles. The first-order valence-corrected chi connectivity index (χ1v) is 24.7. The molecule has 0 radical (unpaired) electrons. The molecule has 0 bridgehead atoms. The van der Waals surface area contributed by atoms with Crippen molar-refractivity contribution in [2.45, 2.75) is 304 Å². The third kappa shape index (κ3) is 39.4. The summed E-state index contributed by atoms with van der Waals surface area (Å²) in [5.74, 6) is 1.25. The highest BCUT2D eigenvalue weighted by molar-refractivity contribution is 5.77. The van der Waals surface area contributed by atoms with E-state index in [9.17, 15) is 24.0 Å². The smallest absolute Gasteiger partial charge is 0.311 e. The highest BCUT2D eigenvalue weighted by Gasteiger charge is 2.32. The number of rotatable bonds is 15. The molecule has 3 fully saturated rings. The van der Waals surface area contributed by atoms with E-state index in [1.165, 1.54) is 52.1 Å². The minimum absolute atomic E-state index is 0. The van der Waals surface area contributed by atoms with Crippen molar-refractivity contribution < 1.29 is 52.8 Å². The van der Waals surface area contributed by atoms with Gasteiger partial charge in [-0.3, -0.25) is 24.0 Å². The molecule has 0 spiro atoms. The monoisotopic (exact) mass is 1030 g/mol. The molecule has 1 N–H and O–H groups in total. The molecule has 0 aliphatic heterocycles. The number of ether oxygens (including phenoxy) is 5. The van der Waals surface area contributed by atoms with Gasteiger partial charge in [0, 0.05) is 0 Å². The Balaban J connectivity index is -0.0000000804. The maximum absolute atomic E-state index is 11.8. The zero-order chi connectivity index (χ0) is 49.0. The van der Waals surface area contributed by atoms with Crippen LogP contribution in [-0.4, -0.2) is 73.6 Å². The first kappa shape index (κ1) is 91.0. The predicted octanol–water partition coefficient (Wildman–Crippen LogP) is 17.6. The second-order valence-corrected chi connectivity index (χ2v) is 20.9. The molecular formula is C60H130O11. The van der Waals surface area contributed by atoms with Crippen LogP contribution >= 0.6 is 0 Å². The van der Waals surface area contributed by atoms with Gasteiger partial charge in [-0.2, -0.15) is 0 Å². The zero-order valence-electron chi connectivity index (χ0n) is 43.6. The number of methoxy groups -OCH3 is 1. The van der Waals surface area contributed by atoms with Gasteiger partial charge in [0.1, 0.15) is 24.9 Å². The van der Waals surface area contributed by atoms with Gasteiger partial charge in [-0.1, -0.05) is 121 Å². The lowest BCUT2D eigenvalue weighted by molar-refractivity contribution is -0.162. The molecule has 0 aromatic heterocycles. The van der Waals surface area contributed by atoms with E-state index in [1.807, 2.05) is 96.9 Å². The molecule has 436 valence electrons. The Morgan fingerprint density at radius 3 is 1.04 bits per heavy atom. The second kappa shape index (κ2) is 47.1. The fourth-order valence-corrected chi connectivity index (χ4v) is 6.13. The van der Waals surface area contributed by atoms with Gasteiger partial charge in [-0.25, -0.2) is 0 Å². The Morgan fingerprint density at radius 2 is 0.761 bits per heavy atom. The molecule has 3 saturated carbocycles. The van der Waals surface area contributed by atoms with E-state index in [-0.39, 0.29) is 143 Å². The first-order chi connectivity index (χ1) is 29.2. The summed E-state index contributed by atoms with van der Waals surface area (Å²) in [4.78, 5) is 57.0. The predicted molar refractivity (Wildman–Crippen MR) is 308 cm³/mol. The molecule has 3 aliphatic rings. The average Bonchev–Trinajstić information content (AvgIpc) is 3.27. The van der Waals surface area contributed by atoms with Crippen LogP contribution in [0.5, 0.6) is 0 Å². The van der Waals surface area contributed by atoms with E-state index in [4.69, 9.17) is 24.1 Å². The number of hydrogen-bond acceptors (Lipinski definition) is 11. The number of hydrogen-bond donors (Lipinski definition) is 1. The van der Waals surface area contributed by atoms with Crippen molar-refractivity contribution in [3.05, 3.63) is 0 Å². The summed E-state index contributed by atoms with van der Waals surface area (Å²) < 4.78 is 25.8. The van der Waals surface area contributed by atoms with E-state index >= 15 is 0 Å². The molecule has 11 nitrogen and oxygen atoms in total. The third-order valence-electron chi connectivity index (χ3n) is 13.6. The minimum Gasteiger partial charge on any atom is -0.469 e. The summed E-state index contributed by atoms with van der Waals surface area (Å²) in [5, 5.41) is 8.38. The van der Waals surface area contributed by atoms with Crippen molar-refractivity contribution in [1.82, 2.24) is 0 Å². The van der Waals surface area contributed by atoms with Crippen molar-refractivity contribution in [3.8, 4) is 0 Å². The van der Waals surface area contributed by atoms with Crippen molar-refractivity contribution >= 4 is 29.8 Å². The van der Waals surface area contributed by atoms with Crippen molar-refractivity contribution in [2.75, 3.05) is 20.3 Å². The highest BCUT2D eigenvalue weighted by atomic mass is 16.6. The van der Waals surface area contributed by atoms with Gasteiger partial charge in [-0.15, -0.1) is 0 Å². The normalized spacial score (nSPS) is 18.6. The number of carbonyl (C=O) groups is 5. The molecular weight excluding hydrogens is 897 g/mol. The Morgan fingerprint density at radius 1 is 0.465 bits per heavy atom. The summed E-state index contributed by atoms with van der Waals surface area (Å²) in [7, 11) is 1.42. The number of carbonyl (C=O) groups excluding carboxylic acids is 5. The number of esters is 5. The van der Waals surface area contributed by atoms with Crippen LogP contribution in [0.1, 0.15) is 286 Å². The Bertz CT molecular complexity index is 1270. The SMILES string of the molecule is C.C.C.C.C.C.C.C.CCC(C)(C)C(=O)OC.CCC(C)(C)C(=O)OC1CCC(C)CC1.CCC(C)(C)C(=O)OC1CCCCC1.CCC(C)(C)C(=O)OCCO.CCC(C)C(=O)OC1CCC(C)CC1. The van der Waals surface area contributed by atoms with E-state index in [0.29, 0.717) is 0 Å². The Hall–Kier alpha value is -2.69. The van der Waals surface area contributed by atoms with Crippen molar-refractivity contribution in [2.24, 2.45) is 39.4 Å². The van der Waals surface area contributed by atoms with Gasteiger partial charge in [-0.05, 0) is 176 Å². The van der Waals surface area contributed by atoms with E-state index < -0.39 is 5.41 Å². The lowest BCUT2D eigenvalue weighted by atomic mass is 9.87. The highest BCUT2D eigenvalue weighted by Crippen LogP contribution is 2.30. The lowest BCUT2D eigenvalue weighted by Crippen LogP contribution is -2.31. The van der Waals surface area contributed by atoms with Crippen LogP contribution in [0.25, 0.3) is 0 Å². The van der Waals surface area contributed by atoms with E-state index in [2.05, 4.69) is 18.6 Å². The Kier molecular flexibility index (Phi) is 60.3. The third-order valence-corrected chi connectivity index (χ3v) is 13.6. The van der Waals surface area contributed by atoms with Crippen LogP contribution in [0.2, 0.25) is 0 Å². The molecule has 11 heteroatoms. The molecule has 3 rings (SSSR count). The average molecular weight is 1030 g/mol. The zero-order valence-corrected chi connectivity index (χ0v) is 43.6. The van der Waals surface area contributed by atoms with Crippen LogP contribution in [-0.2, 0) is 47.7 Å². The van der Waals surface area contributed by atoms with E-state index in [1.54, 1.807) is 0 Å². The van der Waals surface area contributed by atoms with Crippen LogP contribution in [0, 0.1) is 39.4 Å². The number of aliphatic hydroxyl groups is 1. The van der Waals surface area contributed by atoms with Crippen LogP contribution in [0.4, 0.5) is 0 Å². The summed E-state index contributed by atoms with van der Waals surface area (Å²) in [6, 6.07) is 0. The molecule has 1 unspecified atom stereocenters. The maximum atomic E-state index is 11.8. The molecule has 0 aromatic rings. The van der Waals surface area contributed by atoms with Crippen molar-refractivity contribution in [3.63, 3.8) is 0 Å². The molecule has 0 aromatic carbocycles. The standard InChI is InChI=1S/C13H24O2.2C12H22O2.C8H16O3.C7H14O2.8CH4/c1-5-13(3,4)12(14)15-11-8-6-10(2)7-9-11;1-4-10(3)12(13)14-11-7-5-9(2)6-8-11;1-4-12(2,3)11(13)14-10-8-6-5-7-9-10;1-4-8(2,3)7(10)11-6-5-9;1-5-7(2,3)6(8)9-4;;;;;;;;/h10-11H,5-9H2,1-4H3;9-11H,4-8H2,1-3H3;10H,4-9H2,1-3H3;9H,4-6H2,1-3H3;5H2,1-4H3;8*1H4. The van der Waals surface area contributed by atoms with E-state index in [0.717, 1.165) is 82.5 Å². The van der Waals surface area contributed by atoms with Gasteiger partial charge in [0.05, 0.1) is 41.3 Å². The second-order valence-electron chi connectivity index (χ2n) is 20.9. The molecule has 1 atom stereocenters. The summed E-state index contributed by atoms with van der Waals surface area (Å²) in [5.41, 5.74) is -1.36. The fourth-order valence-electron chi connectivity index (χ4n) is 6.13. The molecule has 0 saturated heterocycles.